The third-order valence-corrected chi connectivity index (χ3v) is 2.56. The van der Waals surface area contributed by atoms with Crippen LogP contribution in [0.15, 0.2) is 0 Å². The maximum atomic E-state index is 12.7. The van der Waals surface area contributed by atoms with E-state index in [9.17, 15) is 9.18 Å². The standard InChI is InChI=1S/C8H13ClFNO/c1-2-7(9)8(12)11-4-3-6(10)5-11/h6-7H,2-5H2,1H3/t6-,7+/m1/s1. The summed E-state index contributed by atoms with van der Waals surface area (Å²) in [6.45, 7) is 2.59. The van der Waals surface area contributed by atoms with Crippen molar-refractivity contribution in [2.75, 3.05) is 13.1 Å². The van der Waals surface area contributed by atoms with Crippen molar-refractivity contribution in [1.82, 2.24) is 4.90 Å². The van der Waals surface area contributed by atoms with Gasteiger partial charge in [-0.2, -0.15) is 0 Å². The molecule has 1 heterocycles. The zero-order valence-corrected chi connectivity index (χ0v) is 7.85. The Morgan fingerprint density at radius 3 is 2.92 bits per heavy atom. The zero-order chi connectivity index (χ0) is 9.14. The number of carbonyl (C=O) groups excluding carboxylic acids is 1. The van der Waals surface area contributed by atoms with Crippen molar-refractivity contribution in [3.05, 3.63) is 0 Å². The van der Waals surface area contributed by atoms with Crippen LogP contribution in [0.5, 0.6) is 0 Å². The number of amides is 1. The number of alkyl halides is 2. The van der Waals surface area contributed by atoms with Crippen molar-refractivity contribution in [2.24, 2.45) is 0 Å². The molecule has 1 saturated heterocycles. The van der Waals surface area contributed by atoms with Gasteiger partial charge in [0, 0.05) is 6.54 Å². The number of rotatable bonds is 2. The van der Waals surface area contributed by atoms with Crippen molar-refractivity contribution in [3.63, 3.8) is 0 Å². The number of carbonyl (C=O) groups is 1. The second-order valence-corrected chi connectivity index (χ2v) is 3.57. The predicted octanol–water partition coefficient (Wildman–Crippen LogP) is 1.57. The van der Waals surface area contributed by atoms with Gasteiger partial charge in [0.15, 0.2) is 0 Å². The Balaban J connectivity index is 2.43. The Morgan fingerprint density at radius 2 is 2.50 bits per heavy atom. The molecule has 2 atom stereocenters. The van der Waals surface area contributed by atoms with E-state index >= 15 is 0 Å². The predicted molar refractivity (Wildman–Crippen MR) is 46.0 cm³/mol. The van der Waals surface area contributed by atoms with Gasteiger partial charge in [0.2, 0.25) is 5.91 Å². The Hall–Kier alpha value is -0.310. The van der Waals surface area contributed by atoms with Crippen molar-refractivity contribution in [2.45, 2.75) is 31.3 Å². The third kappa shape index (κ3) is 2.09. The summed E-state index contributed by atoms with van der Waals surface area (Å²) in [7, 11) is 0. The summed E-state index contributed by atoms with van der Waals surface area (Å²) < 4.78 is 12.7. The first-order valence-electron chi connectivity index (χ1n) is 4.22. The van der Waals surface area contributed by atoms with Gasteiger partial charge in [0.1, 0.15) is 11.5 Å². The van der Waals surface area contributed by atoms with E-state index in [2.05, 4.69) is 0 Å². The second kappa shape index (κ2) is 4.08. The van der Waals surface area contributed by atoms with Gasteiger partial charge in [-0.25, -0.2) is 4.39 Å². The first-order chi connectivity index (χ1) is 5.65. The van der Waals surface area contributed by atoms with Crippen LogP contribution in [0.4, 0.5) is 4.39 Å². The van der Waals surface area contributed by atoms with E-state index in [0.29, 0.717) is 19.4 Å². The highest BCUT2D eigenvalue weighted by molar-refractivity contribution is 6.30. The molecule has 1 aliphatic heterocycles. The highest BCUT2D eigenvalue weighted by Gasteiger charge is 2.28. The molecule has 0 unspecified atom stereocenters. The van der Waals surface area contributed by atoms with E-state index in [0.717, 1.165) is 0 Å². The maximum Gasteiger partial charge on any atom is 0.240 e. The Kier molecular flexibility index (Phi) is 3.32. The minimum absolute atomic E-state index is 0.126. The molecule has 1 amide bonds. The van der Waals surface area contributed by atoms with Crippen LogP contribution < -0.4 is 0 Å². The number of halogens is 2. The molecule has 12 heavy (non-hydrogen) atoms. The molecular weight excluding hydrogens is 181 g/mol. The van der Waals surface area contributed by atoms with E-state index < -0.39 is 11.5 Å². The first kappa shape index (κ1) is 9.78. The number of likely N-dealkylation sites (tertiary alicyclic amines) is 1. The van der Waals surface area contributed by atoms with Crippen LogP contribution in [0.1, 0.15) is 19.8 Å². The Labute approximate surface area is 76.7 Å². The SMILES string of the molecule is CC[C@H](Cl)C(=O)N1CC[C@@H](F)C1. The van der Waals surface area contributed by atoms with E-state index in [-0.39, 0.29) is 12.5 Å². The summed E-state index contributed by atoms with van der Waals surface area (Å²) >= 11 is 5.73. The van der Waals surface area contributed by atoms with Crippen LogP contribution in [-0.2, 0) is 4.79 Å². The van der Waals surface area contributed by atoms with Gasteiger partial charge in [-0.3, -0.25) is 4.79 Å². The summed E-state index contributed by atoms with van der Waals surface area (Å²) in [4.78, 5) is 12.9. The van der Waals surface area contributed by atoms with E-state index in [1.807, 2.05) is 6.92 Å². The monoisotopic (exact) mass is 193 g/mol. The van der Waals surface area contributed by atoms with Gasteiger partial charge in [0.05, 0.1) is 6.54 Å². The van der Waals surface area contributed by atoms with Gasteiger partial charge in [-0.05, 0) is 12.8 Å². The minimum Gasteiger partial charge on any atom is -0.338 e. The smallest absolute Gasteiger partial charge is 0.240 e. The molecule has 0 aromatic carbocycles. The summed E-state index contributed by atoms with van der Waals surface area (Å²) in [5.41, 5.74) is 0. The number of nitrogens with zero attached hydrogens (tertiary/aromatic N) is 1. The summed E-state index contributed by atoms with van der Waals surface area (Å²) in [5, 5.41) is -0.477. The van der Waals surface area contributed by atoms with Gasteiger partial charge < -0.3 is 4.90 Å². The largest absolute Gasteiger partial charge is 0.338 e. The highest BCUT2D eigenvalue weighted by Crippen LogP contribution is 2.16. The quantitative estimate of drug-likeness (QED) is 0.610. The van der Waals surface area contributed by atoms with Gasteiger partial charge >= 0.3 is 0 Å². The van der Waals surface area contributed by atoms with E-state index in [1.165, 1.54) is 4.90 Å². The second-order valence-electron chi connectivity index (χ2n) is 3.05. The molecular formula is C8H13ClFNO. The van der Waals surface area contributed by atoms with Crippen molar-refractivity contribution in [3.8, 4) is 0 Å². The van der Waals surface area contributed by atoms with Crippen LogP contribution in [0, 0.1) is 0 Å². The van der Waals surface area contributed by atoms with Crippen LogP contribution >= 0.6 is 11.6 Å². The van der Waals surface area contributed by atoms with Gasteiger partial charge in [-0.15, -0.1) is 11.6 Å². The summed E-state index contributed by atoms with van der Waals surface area (Å²) in [5.74, 6) is -0.126. The molecule has 1 aliphatic rings. The van der Waals surface area contributed by atoms with Crippen LogP contribution in [-0.4, -0.2) is 35.4 Å². The topological polar surface area (TPSA) is 20.3 Å². The molecule has 0 spiro atoms. The van der Waals surface area contributed by atoms with Gasteiger partial charge in [0.25, 0.3) is 0 Å². The molecule has 0 aromatic rings. The fourth-order valence-corrected chi connectivity index (χ4v) is 1.43. The first-order valence-corrected chi connectivity index (χ1v) is 4.65. The third-order valence-electron chi connectivity index (χ3n) is 2.07. The summed E-state index contributed by atoms with van der Waals surface area (Å²) in [6.07, 6.45) is 0.210. The number of hydrogen-bond donors (Lipinski definition) is 0. The Bertz CT molecular complexity index is 176. The average molecular weight is 194 g/mol. The lowest BCUT2D eigenvalue weighted by atomic mass is 10.3. The van der Waals surface area contributed by atoms with E-state index in [4.69, 9.17) is 11.6 Å². The van der Waals surface area contributed by atoms with Crippen LogP contribution in [0.3, 0.4) is 0 Å². The van der Waals surface area contributed by atoms with Crippen LogP contribution in [0.25, 0.3) is 0 Å². The molecule has 1 rings (SSSR count). The molecule has 0 saturated carbocycles. The normalized spacial score (nSPS) is 25.9. The Morgan fingerprint density at radius 1 is 1.83 bits per heavy atom. The molecule has 0 aromatic heterocycles. The average Bonchev–Trinajstić information content (AvgIpc) is 2.49. The fraction of sp³-hybridized carbons (Fsp3) is 0.875. The van der Waals surface area contributed by atoms with Crippen molar-refractivity contribution < 1.29 is 9.18 Å². The summed E-state index contributed by atoms with van der Waals surface area (Å²) in [6, 6.07) is 0. The molecule has 0 bridgehead atoms. The van der Waals surface area contributed by atoms with Crippen molar-refractivity contribution in [1.29, 1.82) is 0 Å². The van der Waals surface area contributed by atoms with Gasteiger partial charge in [-0.1, -0.05) is 6.92 Å². The molecule has 1 fully saturated rings. The number of hydrogen-bond acceptors (Lipinski definition) is 1. The molecule has 4 heteroatoms. The highest BCUT2D eigenvalue weighted by atomic mass is 35.5. The molecule has 0 aliphatic carbocycles. The minimum atomic E-state index is -0.852. The van der Waals surface area contributed by atoms with Crippen LogP contribution in [0.2, 0.25) is 0 Å². The molecule has 2 nitrogen and oxygen atoms in total. The van der Waals surface area contributed by atoms with E-state index in [1.54, 1.807) is 0 Å². The zero-order valence-electron chi connectivity index (χ0n) is 7.09. The molecule has 0 N–H and O–H groups in total. The molecule has 0 radical (unpaired) electrons. The maximum absolute atomic E-state index is 12.7. The fourth-order valence-electron chi connectivity index (χ4n) is 1.29. The lowest BCUT2D eigenvalue weighted by Gasteiger charge is -2.17. The van der Waals surface area contributed by atoms with Crippen molar-refractivity contribution >= 4 is 17.5 Å². The lowest BCUT2D eigenvalue weighted by Crippen LogP contribution is -2.34. The molecule has 70 valence electrons. The lowest BCUT2D eigenvalue weighted by molar-refractivity contribution is -0.130.